The number of fused-ring (bicyclic) bond motifs is 1. The van der Waals surface area contributed by atoms with Crippen molar-refractivity contribution in [3.05, 3.63) is 30.1 Å². The van der Waals surface area contributed by atoms with Gasteiger partial charge >= 0.3 is 0 Å². The van der Waals surface area contributed by atoms with Crippen molar-refractivity contribution < 1.29 is 4.39 Å². The van der Waals surface area contributed by atoms with Crippen LogP contribution in [0.1, 0.15) is 32.0 Å². The van der Waals surface area contributed by atoms with E-state index in [9.17, 15) is 4.39 Å². The Morgan fingerprint density at radius 3 is 3.00 bits per heavy atom. The third-order valence-corrected chi connectivity index (χ3v) is 4.21. The van der Waals surface area contributed by atoms with Gasteiger partial charge in [-0.05, 0) is 38.4 Å². The van der Waals surface area contributed by atoms with Crippen LogP contribution in [0.5, 0.6) is 0 Å². The van der Waals surface area contributed by atoms with Crippen LogP contribution in [0.25, 0.3) is 11.0 Å². The van der Waals surface area contributed by atoms with Crippen LogP contribution in [-0.2, 0) is 13.0 Å². The zero-order chi connectivity index (χ0) is 13.9. The minimum absolute atomic E-state index is 0.00568. The Balaban J connectivity index is 1.82. The Hall–Kier alpha value is -1.42. The highest BCUT2D eigenvalue weighted by Gasteiger charge is 2.25. The molecule has 1 saturated heterocycles. The Bertz CT molecular complexity index is 572. The van der Waals surface area contributed by atoms with Crippen LogP contribution in [-0.4, -0.2) is 28.3 Å². The Labute approximate surface area is 119 Å². The van der Waals surface area contributed by atoms with Gasteiger partial charge in [0.25, 0.3) is 0 Å². The van der Waals surface area contributed by atoms with E-state index in [0.29, 0.717) is 6.42 Å². The molecule has 1 aliphatic rings. The first kappa shape index (κ1) is 13.6. The molecule has 1 N–H and O–H groups in total. The number of imidazole rings is 1. The average molecular weight is 275 g/mol. The van der Waals surface area contributed by atoms with Crippen LogP contribution in [0.4, 0.5) is 4.39 Å². The molecule has 4 heteroatoms. The van der Waals surface area contributed by atoms with Gasteiger partial charge in [-0.3, -0.25) is 0 Å². The van der Waals surface area contributed by atoms with Gasteiger partial charge in [0.2, 0.25) is 0 Å². The second-order valence-electron chi connectivity index (χ2n) is 5.54. The molecule has 0 radical (unpaired) electrons. The molecule has 0 spiro atoms. The summed E-state index contributed by atoms with van der Waals surface area (Å²) >= 11 is 0. The Kier molecular flexibility index (Phi) is 4.01. The molecule has 1 aromatic carbocycles. The highest BCUT2D eigenvalue weighted by molar-refractivity contribution is 5.75. The van der Waals surface area contributed by atoms with Crippen molar-refractivity contribution in [2.75, 3.05) is 6.54 Å². The highest BCUT2D eigenvalue weighted by Crippen LogP contribution is 2.20. The van der Waals surface area contributed by atoms with Gasteiger partial charge in [0.15, 0.2) is 0 Å². The van der Waals surface area contributed by atoms with Crippen LogP contribution in [0.3, 0.4) is 0 Å². The van der Waals surface area contributed by atoms with Gasteiger partial charge in [0.1, 0.15) is 12.0 Å². The molecule has 2 heterocycles. The van der Waals surface area contributed by atoms with Crippen molar-refractivity contribution in [2.24, 2.45) is 0 Å². The van der Waals surface area contributed by atoms with Crippen LogP contribution in [0.15, 0.2) is 24.3 Å². The fourth-order valence-corrected chi connectivity index (χ4v) is 3.14. The number of halogens is 1. The largest absolute Gasteiger partial charge is 0.328 e. The molecule has 20 heavy (non-hydrogen) atoms. The van der Waals surface area contributed by atoms with E-state index in [0.717, 1.165) is 49.2 Å². The monoisotopic (exact) mass is 275 g/mol. The lowest BCUT2D eigenvalue weighted by Crippen LogP contribution is -2.42. The van der Waals surface area contributed by atoms with Crippen LogP contribution in [0.2, 0.25) is 0 Å². The number of alkyl halides is 1. The minimum Gasteiger partial charge on any atom is -0.328 e. The Morgan fingerprint density at radius 1 is 1.40 bits per heavy atom. The van der Waals surface area contributed by atoms with Gasteiger partial charge in [-0.1, -0.05) is 18.6 Å². The zero-order valence-corrected chi connectivity index (χ0v) is 12.0. The molecule has 0 amide bonds. The van der Waals surface area contributed by atoms with Crippen molar-refractivity contribution in [1.82, 2.24) is 14.9 Å². The van der Waals surface area contributed by atoms with Gasteiger partial charge < -0.3 is 9.88 Å². The molecule has 1 aromatic heterocycles. The van der Waals surface area contributed by atoms with Crippen molar-refractivity contribution >= 4 is 11.0 Å². The van der Waals surface area contributed by atoms with E-state index in [-0.39, 0.29) is 6.04 Å². The van der Waals surface area contributed by atoms with E-state index in [2.05, 4.69) is 27.9 Å². The fourth-order valence-electron chi connectivity index (χ4n) is 3.14. The second-order valence-corrected chi connectivity index (χ2v) is 5.54. The number of nitrogens with zero attached hydrogens (tertiary/aromatic N) is 2. The molecule has 3 rings (SSSR count). The Morgan fingerprint density at radius 2 is 2.25 bits per heavy atom. The number of para-hydroxylation sites is 2. The van der Waals surface area contributed by atoms with Gasteiger partial charge in [-0.15, -0.1) is 0 Å². The summed E-state index contributed by atoms with van der Waals surface area (Å²) in [6.07, 6.45) is 2.78. The summed E-state index contributed by atoms with van der Waals surface area (Å²) in [6, 6.07) is 8.04. The molecule has 2 atom stereocenters. The first-order valence-electron chi connectivity index (χ1n) is 7.61. The van der Waals surface area contributed by atoms with Gasteiger partial charge in [0, 0.05) is 19.0 Å². The van der Waals surface area contributed by atoms with Gasteiger partial charge in [-0.25, -0.2) is 9.37 Å². The summed E-state index contributed by atoms with van der Waals surface area (Å²) in [6.45, 7) is 3.86. The molecule has 1 fully saturated rings. The van der Waals surface area contributed by atoms with E-state index < -0.39 is 6.17 Å². The fraction of sp³-hybridized carbons (Fsp3) is 0.562. The van der Waals surface area contributed by atoms with E-state index in [1.807, 2.05) is 18.2 Å². The standard InChI is InChI=1S/C16H22FN3/c1-2-20-15-9-4-3-8-14(15)19-16(20)11-12(17)13-7-5-6-10-18-13/h3-4,8-9,12-13,18H,2,5-7,10-11H2,1H3. The zero-order valence-electron chi connectivity index (χ0n) is 12.0. The number of hydrogen-bond donors (Lipinski definition) is 1. The molecule has 0 saturated carbocycles. The van der Waals surface area contributed by atoms with Gasteiger partial charge in [-0.2, -0.15) is 0 Å². The number of piperidine rings is 1. The second kappa shape index (κ2) is 5.92. The van der Waals surface area contributed by atoms with Crippen LogP contribution < -0.4 is 5.32 Å². The topological polar surface area (TPSA) is 29.9 Å². The van der Waals surface area contributed by atoms with E-state index in [1.54, 1.807) is 0 Å². The lowest BCUT2D eigenvalue weighted by Gasteiger charge is -2.26. The summed E-state index contributed by atoms with van der Waals surface area (Å²) in [7, 11) is 0. The summed E-state index contributed by atoms with van der Waals surface area (Å²) in [4.78, 5) is 4.61. The molecule has 3 nitrogen and oxygen atoms in total. The number of benzene rings is 1. The molecule has 0 aliphatic carbocycles. The van der Waals surface area contributed by atoms with E-state index in [4.69, 9.17) is 0 Å². The summed E-state index contributed by atoms with van der Waals surface area (Å²) in [5.41, 5.74) is 2.07. The first-order chi connectivity index (χ1) is 9.79. The number of aryl methyl sites for hydroxylation is 1. The molecule has 1 aliphatic heterocycles. The summed E-state index contributed by atoms with van der Waals surface area (Å²) in [5, 5.41) is 3.30. The summed E-state index contributed by atoms with van der Waals surface area (Å²) < 4.78 is 16.6. The molecular weight excluding hydrogens is 253 g/mol. The maximum atomic E-state index is 14.5. The molecule has 0 bridgehead atoms. The van der Waals surface area contributed by atoms with Gasteiger partial charge in [0.05, 0.1) is 11.0 Å². The molecule has 2 aromatic rings. The smallest absolute Gasteiger partial charge is 0.122 e. The van der Waals surface area contributed by atoms with Crippen molar-refractivity contribution in [3.8, 4) is 0 Å². The van der Waals surface area contributed by atoms with Crippen molar-refractivity contribution in [2.45, 2.75) is 51.4 Å². The predicted octanol–water partition coefficient (Wildman–Crippen LogP) is 3.08. The first-order valence-corrected chi connectivity index (χ1v) is 7.61. The number of nitrogens with one attached hydrogen (secondary N) is 1. The SMILES string of the molecule is CCn1c(CC(F)C2CCCCN2)nc2ccccc21. The molecular formula is C16H22FN3. The number of hydrogen-bond acceptors (Lipinski definition) is 2. The third kappa shape index (κ3) is 2.57. The predicted molar refractivity (Wildman–Crippen MR) is 79.6 cm³/mol. The summed E-state index contributed by atoms with van der Waals surface area (Å²) in [5.74, 6) is 0.869. The highest BCUT2D eigenvalue weighted by atomic mass is 19.1. The maximum absolute atomic E-state index is 14.5. The minimum atomic E-state index is -0.850. The normalized spacial score (nSPS) is 21.2. The molecule has 2 unspecified atom stereocenters. The lowest BCUT2D eigenvalue weighted by atomic mass is 9.99. The van der Waals surface area contributed by atoms with E-state index in [1.165, 1.54) is 0 Å². The van der Waals surface area contributed by atoms with Crippen LogP contribution in [0, 0.1) is 0 Å². The molecule has 108 valence electrons. The van der Waals surface area contributed by atoms with Crippen LogP contribution >= 0.6 is 0 Å². The maximum Gasteiger partial charge on any atom is 0.122 e. The van der Waals surface area contributed by atoms with Crippen molar-refractivity contribution in [3.63, 3.8) is 0 Å². The lowest BCUT2D eigenvalue weighted by molar-refractivity contribution is 0.213. The third-order valence-electron chi connectivity index (χ3n) is 4.21. The number of rotatable bonds is 4. The van der Waals surface area contributed by atoms with Crippen molar-refractivity contribution in [1.29, 1.82) is 0 Å². The number of aromatic nitrogens is 2. The quantitative estimate of drug-likeness (QED) is 0.929. The average Bonchev–Trinajstić information content (AvgIpc) is 2.85. The van der Waals surface area contributed by atoms with E-state index >= 15 is 0 Å².